The van der Waals surface area contributed by atoms with Crippen LogP contribution in [0.5, 0.6) is 0 Å². The van der Waals surface area contributed by atoms with E-state index < -0.39 is 11.9 Å². The lowest BCUT2D eigenvalue weighted by Gasteiger charge is -2.42. The summed E-state index contributed by atoms with van der Waals surface area (Å²) < 4.78 is 14.1. The number of aromatic amines is 1. The number of benzene rings is 1. The molecule has 3 amide bonds. The van der Waals surface area contributed by atoms with Crippen molar-refractivity contribution in [2.24, 2.45) is 0 Å². The summed E-state index contributed by atoms with van der Waals surface area (Å²) in [5.74, 6) is -1.25. The molecule has 2 N–H and O–H groups in total. The van der Waals surface area contributed by atoms with Gasteiger partial charge in [-0.2, -0.15) is 5.10 Å². The normalized spacial score (nSPS) is 20.0. The Morgan fingerprint density at radius 1 is 1.23 bits per heavy atom. The summed E-state index contributed by atoms with van der Waals surface area (Å²) in [4.78, 5) is 39.9. The zero-order valence-corrected chi connectivity index (χ0v) is 13.7. The number of nitrogens with zero attached hydrogens (tertiary/aromatic N) is 3. The van der Waals surface area contributed by atoms with Gasteiger partial charge in [0.1, 0.15) is 11.9 Å². The van der Waals surface area contributed by atoms with Crippen molar-refractivity contribution in [1.29, 1.82) is 0 Å². The van der Waals surface area contributed by atoms with Gasteiger partial charge in [0, 0.05) is 18.7 Å². The molecular formula is C17H16FN5O3. The smallest absolute Gasteiger partial charge is 0.257 e. The molecule has 0 spiro atoms. The fourth-order valence-electron chi connectivity index (χ4n) is 3.36. The minimum Gasteiger partial charge on any atom is -0.345 e. The molecule has 0 radical (unpaired) electrons. The maximum absolute atomic E-state index is 14.1. The molecule has 1 aromatic heterocycles. The van der Waals surface area contributed by atoms with E-state index in [0.29, 0.717) is 12.2 Å². The molecule has 2 aliphatic rings. The molecule has 2 aromatic rings. The Morgan fingerprint density at radius 3 is 2.85 bits per heavy atom. The number of nitrogens with one attached hydrogen (secondary N) is 2. The number of aromatic nitrogens is 2. The average Bonchev–Trinajstić information content (AvgIpc) is 3.14. The SMILES string of the molecule is O=C1NCC(=O)N2CCN(C(=O)c3cn[nH]c3-c3ccccc3F)C[C@@H]12. The third-order valence-corrected chi connectivity index (χ3v) is 4.72. The summed E-state index contributed by atoms with van der Waals surface area (Å²) in [6, 6.07) is 5.41. The number of amides is 3. The summed E-state index contributed by atoms with van der Waals surface area (Å²) in [6.45, 7) is 0.673. The van der Waals surface area contributed by atoms with E-state index in [2.05, 4.69) is 15.5 Å². The summed E-state index contributed by atoms with van der Waals surface area (Å²) in [5.41, 5.74) is 0.767. The minimum atomic E-state index is -0.697. The summed E-state index contributed by atoms with van der Waals surface area (Å²) in [5, 5.41) is 9.09. The Hall–Kier alpha value is -3.23. The van der Waals surface area contributed by atoms with E-state index in [1.165, 1.54) is 22.1 Å². The number of rotatable bonds is 2. The molecule has 1 aromatic carbocycles. The Bertz CT molecular complexity index is 896. The van der Waals surface area contributed by atoms with Crippen LogP contribution in [0.1, 0.15) is 10.4 Å². The number of H-pyrrole nitrogens is 1. The predicted octanol–water partition coefficient (Wildman–Crippen LogP) is -0.00140. The molecule has 3 heterocycles. The second kappa shape index (κ2) is 6.25. The molecule has 134 valence electrons. The van der Waals surface area contributed by atoms with Gasteiger partial charge in [0.05, 0.1) is 30.5 Å². The molecule has 0 aliphatic carbocycles. The molecular weight excluding hydrogens is 341 g/mol. The molecule has 8 nitrogen and oxygen atoms in total. The molecule has 9 heteroatoms. The molecule has 0 unspecified atom stereocenters. The highest BCUT2D eigenvalue weighted by Gasteiger charge is 2.40. The Kier molecular flexibility index (Phi) is 3.90. The van der Waals surface area contributed by atoms with Crippen LogP contribution in [0.15, 0.2) is 30.5 Å². The highest BCUT2D eigenvalue weighted by Crippen LogP contribution is 2.26. The number of carbonyl (C=O) groups excluding carboxylic acids is 3. The van der Waals surface area contributed by atoms with Crippen molar-refractivity contribution in [1.82, 2.24) is 25.3 Å². The van der Waals surface area contributed by atoms with Gasteiger partial charge in [0.25, 0.3) is 5.91 Å². The Morgan fingerprint density at radius 2 is 2.04 bits per heavy atom. The number of halogens is 1. The molecule has 2 aliphatic heterocycles. The second-order valence-electron chi connectivity index (χ2n) is 6.21. The van der Waals surface area contributed by atoms with Crippen molar-refractivity contribution in [2.45, 2.75) is 6.04 Å². The predicted molar refractivity (Wildman–Crippen MR) is 88.4 cm³/mol. The molecule has 26 heavy (non-hydrogen) atoms. The molecule has 0 saturated carbocycles. The summed E-state index contributed by atoms with van der Waals surface area (Å²) in [7, 11) is 0. The lowest BCUT2D eigenvalue weighted by atomic mass is 10.0. The first-order valence-electron chi connectivity index (χ1n) is 8.21. The maximum Gasteiger partial charge on any atom is 0.257 e. The first-order chi connectivity index (χ1) is 12.6. The number of piperazine rings is 2. The van der Waals surface area contributed by atoms with Crippen molar-refractivity contribution < 1.29 is 18.8 Å². The van der Waals surface area contributed by atoms with Crippen LogP contribution >= 0.6 is 0 Å². The Labute approximate surface area is 148 Å². The van der Waals surface area contributed by atoms with E-state index in [-0.39, 0.29) is 48.5 Å². The van der Waals surface area contributed by atoms with E-state index in [1.54, 1.807) is 18.2 Å². The number of carbonyl (C=O) groups is 3. The van der Waals surface area contributed by atoms with Crippen LogP contribution in [0.2, 0.25) is 0 Å². The lowest BCUT2D eigenvalue weighted by Crippen LogP contribution is -2.66. The second-order valence-corrected chi connectivity index (χ2v) is 6.21. The van der Waals surface area contributed by atoms with Gasteiger partial charge in [0.15, 0.2) is 0 Å². The van der Waals surface area contributed by atoms with Gasteiger partial charge in [-0.1, -0.05) is 12.1 Å². The molecule has 4 rings (SSSR count). The third-order valence-electron chi connectivity index (χ3n) is 4.72. The standard InChI is InChI=1S/C17H16FN5O3/c18-12-4-2-1-3-10(12)15-11(7-20-21-15)17(26)22-5-6-23-13(9-22)16(25)19-8-14(23)24/h1-4,7,13H,5-6,8-9H2,(H,19,25)(H,20,21)/t13-/m0/s1. The van der Waals surface area contributed by atoms with Crippen LogP contribution < -0.4 is 5.32 Å². The average molecular weight is 357 g/mol. The van der Waals surface area contributed by atoms with Crippen molar-refractivity contribution in [3.8, 4) is 11.3 Å². The Balaban J connectivity index is 1.60. The molecule has 0 bridgehead atoms. The van der Waals surface area contributed by atoms with Crippen molar-refractivity contribution >= 4 is 17.7 Å². The van der Waals surface area contributed by atoms with Crippen molar-refractivity contribution in [3.63, 3.8) is 0 Å². The number of fused-ring (bicyclic) bond motifs is 1. The van der Waals surface area contributed by atoms with Crippen LogP contribution in [-0.2, 0) is 9.59 Å². The monoisotopic (exact) mass is 357 g/mol. The fourth-order valence-corrected chi connectivity index (χ4v) is 3.36. The van der Waals surface area contributed by atoms with Crippen molar-refractivity contribution in [3.05, 3.63) is 41.8 Å². The number of hydrogen-bond acceptors (Lipinski definition) is 4. The zero-order chi connectivity index (χ0) is 18.3. The van der Waals surface area contributed by atoms with Gasteiger partial charge in [0.2, 0.25) is 11.8 Å². The van der Waals surface area contributed by atoms with Gasteiger partial charge in [-0.3, -0.25) is 19.5 Å². The first-order valence-corrected chi connectivity index (χ1v) is 8.21. The van der Waals surface area contributed by atoms with E-state index in [9.17, 15) is 18.8 Å². The van der Waals surface area contributed by atoms with Gasteiger partial charge in [-0.15, -0.1) is 0 Å². The highest BCUT2D eigenvalue weighted by atomic mass is 19.1. The quantitative estimate of drug-likeness (QED) is 0.790. The molecule has 2 fully saturated rings. The van der Waals surface area contributed by atoms with Crippen LogP contribution in [0.4, 0.5) is 4.39 Å². The van der Waals surface area contributed by atoms with Gasteiger partial charge < -0.3 is 15.1 Å². The van der Waals surface area contributed by atoms with Crippen molar-refractivity contribution in [2.75, 3.05) is 26.2 Å². The summed E-state index contributed by atoms with van der Waals surface area (Å²) >= 11 is 0. The largest absolute Gasteiger partial charge is 0.345 e. The van der Waals surface area contributed by atoms with Crippen LogP contribution in [0, 0.1) is 5.82 Å². The highest BCUT2D eigenvalue weighted by molar-refractivity contribution is 6.01. The number of hydrogen-bond donors (Lipinski definition) is 2. The van der Waals surface area contributed by atoms with E-state index in [0.717, 1.165) is 0 Å². The summed E-state index contributed by atoms with van der Waals surface area (Å²) in [6.07, 6.45) is 1.35. The van der Waals surface area contributed by atoms with Gasteiger partial charge >= 0.3 is 0 Å². The van der Waals surface area contributed by atoms with E-state index in [4.69, 9.17) is 0 Å². The van der Waals surface area contributed by atoms with Crippen LogP contribution in [0.25, 0.3) is 11.3 Å². The minimum absolute atomic E-state index is 0.0115. The maximum atomic E-state index is 14.1. The third kappa shape index (κ3) is 2.61. The van der Waals surface area contributed by atoms with E-state index >= 15 is 0 Å². The van der Waals surface area contributed by atoms with E-state index in [1.807, 2.05) is 0 Å². The first kappa shape index (κ1) is 16.2. The van der Waals surface area contributed by atoms with Gasteiger partial charge in [-0.25, -0.2) is 4.39 Å². The van der Waals surface area contributed by atoms with Crippen LogP contribution in [0.3, 0.4) is 0 Å². The van der Waals surface area contributed by atoms with Gasteiger partial charge in [-0.05, 0) is 12.1 Å². The fraction of sp³-hybridized carbons (Fsp3) is 0.294. The molecule has 1 atom stereocenters. The molecule has 2 saturated heterocycles. The van der Waals surface area contributed by atoms with Crippen LogP contribution in [-0.4, -0.2) is 69.9 Å². The zero-order valence-electron chi connectivity index (χ0n) is 13.7. The topological polar surface area (TPSA) is 98.4 Å². The lowest BCUT2D eigenvalue weighted by molar-refractivity contribution is -0.148.